The van der Waals surface area contributed by atoms with Crippen LogP contribution in [0.2, 0.25) is 10.0 Å². The summed E-state index contributed by atoms with van der Waals surface area (Å²) in [5.74, 6) is -0.147. The summed E-state index contributed by atoms with van der Waals surface area (Å²) >= 11 is 12.0. The Morgan fingerprint density at radius 3 is 2.65 bits per heavy atom. The van der Waals surface area contributed by atoms with Crippen molar-refractivity contribution in [1.29, 1.82) is 0 Å². The van der Waals surface area contributed by atoms with Gasteiger partial charge in [0.15, 0.2) is 0 Å². The number of anilines is 1. The van der Waals surface area contributed by atoms with Crippen LogP contribution in [0.25, 0.3) is 0 Å². The maximum atomic E-state index is 11.8. The van der Waals surface area contributed by atoms with Crippen molar-refractivity contribution in [1.82, 2.24) is 10.3 Å². The summed E-state index contributed by atoms with van der Waals surface area (Å²) in [6, 6.07) is 9.05. The monoisotopic (exact) mass is 351 g/mol. The summed E-state index contributed by atoms with van der Waals surface area (Å²) in [5.41, 5.74) is 2.32. The Bertz CT molecular complexity index is 659. The van der Waals surface area contributed by atoms with Gasteiger partial charge in [-0.15, -0.1) is 0 Å². The van der Waals surface area contributed by atoms with Crippen LogP contribution in [0.15, 0.2) is 36.5 Å². The largest absolute Gasteiger partial charge is 0.383 e. The average Bonchev–Trinajstić information content (AvgIpc) is 2.55. The van der Waals surface area contributed by atoms with E-state index < -0.39 is 0 Å². The lowest BCUT2D eigenvalue weighted by Crippen LogP contribution is -2.24. The minimum Gasteiger partial charge on any atom is -0.383 e. The van der Waals surface area contributed by atoms with Crippen LogP contribution >= 0.6 is 23.2 Å². The van der Waals surface area contributed by atoms with E-state index in [-0.39, 0.29) is 5.91 Å². The molecule has 0 aliphatic rings. The molecule has 0 aliphatic carbocycles. The third-order valence-corrected chi connectivity index (χ3v) is 3.86. The molecule has 0 bridgehead atoms. The Hall–Kier alpha value is -1.78. The smallest absolute Gasteiger partial charge is 0.269 e. The number of pyridine rings is 1. The summed E-state index contributed by atoms with van der Waals surface area (Å²) in [5, 5.41) is 7.35. The molecule has 2 N–H and O–H groups in total. The van der Waals surface area contributed by atoms with Gasteiger partial charge >= 0.3 is 0 Å². The number of benzene rings is 1. The van der Waals surface area contributed by atoms with E-state index in [1.165, 1.54) is 0 Å². The van der Waals surface area contributed by atoms with Gasteiger partial charge in [0.05, 0.1) is 11.9 Å². The molecule has 0 saturated carbocycles. The van der Waals surface area contributed by atoms with Gasteiger partial charge in [0, 0.05) is 23.1 Å². The first-order chi connectivity index (χ1) is 11.1. The zero-order valence-corrected chi connectivity index (χ0v) is 14.4. The van der Waals surface area contributed by atoms with Gasteiger partial charge in [0.25, 0.3) is 5.91 Å². The molecule has 0 spiro atoms. The van der Waals surface area contributed by atoms with Crippen molar-refractivity contribution in [2.75, 3.05) is 18.4 Å². The first-order valence-electron chi connectivity index (χ1n) is 7.52. The van der Waals surface area contributed by atoms with Crippen LogP contribution in [0.5, 0.6) is 0 Å². The fourth-order valence-electron chi connectivity index (χ4n) is 2.03. The molecular weight excluding hydrogens is 333 g/mol. The lowest BCUT2D eigenvalue weighted by Gasteiger charge is -2.08. The van der Waals surface area contributed by atoms with Crippen molar-refractivity contribution in [3.63, 3.8) is 0 Å². The maximum absolute atomic E-state index is 11.8. The number of halogens is 2. The van der Waals surface area contributed by atoms with Gasteiger partial charge < -0.3 is 10.6 Å². The molecule has 23 heavy (non-hydrogen) atoms. The van der Waals surface area contributed by atoms with Gasteiger partial charge in [0.2, 0.25) is 0 Å². The van der Waals surface area contributed by atoms with Crippen LogP contribution in [-0.4, -0.2) is 24.0 Å². The van der Waals surface area contributed by atoms with E-state index in [9.17, 15) is 4.79 Å². The number of nitrogens with zero attached hydrogens (tertiary/aromatic N) is 1. The first kappa shape index (κ1) is 17.6. The zero-order valence-electron chi connectivity index (χ0n) is 12.9. The summed E-state index contributed by atoms with van der Waals surface area (Å²) in [7, 11) is 0. The number of hydrogen-bond donors (Lipinski definition) is 2. The minimum atomic E-state index is -0.147. The van der Waals surface area contributed by atoms with Crippen molar-refractivity contribution in [2.24, 2.45) is 0 Å². The Balaban J connectivity index is 1.85. The number of rotatable bonds is 7. The Morgan fingerprint density at radius 2 is 2.00 bits per heavy atom. The summed E-state index contributed by atoms with van der Waals surface area (Å²) in [6.45, 7) is 3.38. The molecule has 1 heterocycles. The molecule has 0 radical (unpaired) electrons. The third-order valence-electron chi connectivity index (χ3n) is 3.27. The molecule has 0 aliphatic heterocycles. The molecule has 0 saturated heterocycles. The van der Waals surface area contributed by atoms with Gasteiger partial charge in [0.1, 0.15) is 5.69 Å². The Kier molecular flexibility index (Phi) is 6.68. The van der Waals surface area contributed by atoms with Gasteiger partial charge in [-0.05, 0) is 42.7 Å². The number of nitrogens with one attached hydrogen (secondary N) is 2. The normalized spacial score (nSPS) is 10.4. The first-order valence-corrected chi connectivity index (χ1v) is 8.27. The standard InChI is InChI=1S/C17H19Cl2N3O/c1-2-8-21-17(23)16-6-5-14(11-22-16)20-9-7-12-3-4-13(18)10-15(12)19/h3-6,10-11,20H,2,7-9H2,1H3,(H,21,23). The molecule has 2 rings (SSSR count). The number of aromatic nitrogens is 1. The van der Waals surface area contributed by atoms with Gasteiger partial charge in [-0.3, -0.25) is 4.79 Å². The summed E-state index contributed by atoms with van der Waals surface area (Å²) in [4.78, 5) is 15.9. The molecular formula is C17H19Cl2N3O. The quantitative estimate of drug-likeness (QED) is 0.786. The van der Waals surface area contributed by atoms with Gasteiger partial charge in [-0.2, -0.15) is 0 Å². The molecule has 4 nitrogen and oxygen atoms in total. The Morgan fingerprint density at radius 1 is 1.17 bits per heavy atom. The summed E-state index contributed by atoms with van der Waals surface area (Å²) in [6.07, 6.45) is 3.33. The molecule has 0 unspecified atom stereocenters. The van der Waals surface area contributed by atoms with Crippen LogP contribution in [0.4, 0.5) is 5.69 Å². The number of amides is 1. The predicted octanol–water partition coefficient (Wildman–Crippen LogP) is 4.18. The van der Waals surface area contributed by atoms with Crippen molar-refractivity contribution < 1.29 is 4.79 Å². The molecule has 0 fully saturated rings. The second kappa shape index (κ2) is 8.75. The molecule has 6 heteroatoms. The van der Waals surface area contributed by atoms with E-state index in [2.05, 4.69) is 15.6 Å². The topological polar surface area (TPSA) is 54.0 Å². The molecule has 2 aromatic rings. The Labute approximate surface area is 146 Å². The SMILES string of the molecule is CCCNC(=O)c1ccc(NCCc2ccc(Cl)cc2Cl)cn1. The highest BCUT2D eigenvalue weighted by Crippen LogP contribution is 2.21. The third kappa shape index (κ3) is 5.41. The fourth-order valence-corrected chi connectivity index (χ4v) is 2.53. The van der Waals surface area contributed by atoms with E-state index in [4.69, 9.17) is 23.2 Å². The second-order valence-corrected chi connectivity index (χ2v) is 5.94. The average molecular weight is 352 g/mol. The van der Waals surface area contributed by atoms with Crippen molar-refractivity contribution in [3.8, 4) is 0 Å². The van der Waals surface area contributed by atoms with Gasteiger partial charge in [-0.25, -0.2) is 4.98 Å². The maximum Gasteiger partial charge on any atom is 0.269 e. The number of carbonyl (C=O) groups excluding carboxylic acids is 1. The molecule has 1 aromatic carbocycles. The molecule has 1 aromatic heterocycles. The zero-order chi connectivity index (χ0) is 16.7. The van der Waals surface area contributed by atoms with Crippen LogP contribution in [0, 0.1) is 0 Å². The molecule has 122 valence electrons. The van der Waals surface area contributed by atoms with E-state index >= 15 is 0 Å². The van der Waals surface area contributed by atoms with Crippen LogP contribution in [0.1, 0.15) is 29.4 Å². The number of hydrogen-bond acceptors (Lipinski definition) is 3. The highest BCUT2D eigenvalue weighted by atomic mass is 35.5. The second-order valence-electron chi connectivity index (χ2n) is 5.10. The van der Waals surface area contributed by atoms with E-state index in [1.807, 2.05) is 25.1 Å². The van der Waals surface area contributed by atoms with Crippen LogP contribution in [-0.2, 0) is 6.42 Å². The lowest BCUT2D eigenvalue weighted by molar-refractivity contribution is 0.0949. The van der Waals surface area contributed by atoms with Crippen molar-refractivity contribution in [3.05, 3.63) is 57.8 Å². The molecule has 1 amide bonds. The molecule has 0 atom stereocenters. The highest BCUT2D eigenvalue weighted by Gasteiger charge is 2.06. The van der Waals surface area contributed by atoms with Gasteiger partial charge in [-0.1, -0.05) is 36.2 Å². The van der Waals surface area contributed by atoms with E-state index in [0.717, 1.165) is 24.1 Å². The highest BCUT2D eigenvalue weighted by molar-refractivity contribution is 6.35. The lowest BCUT2D eigenvalue weighted by atomic mass is 10.1. The van der Waals surface area contributed by atoms with Crippen LogP contribution < -0.4 is 10.6 Å². The summed E-state index contributed by atoms with van der Waals surface area (Å²) < 4.78 is 0. The predicted molar refractivity (Wildman–Crippen MR) is 95.5 cm³/mol. The van der Waals surface area contributed by atoms with E-state index in [0.29, 0.717) is 28.8 Å². The minimum absolute atomic E-state index is 0.147. The van der Waals surface area contributed by atoms with Crippen molar-refractivity contribution >= 4 is 34.8 Å². The van der Waals surface area contributed by atoms with Crippen LogP contribution in [0.3, 0.4) is 0 Å². The van der Waals surface area contributed by atoms with Crippen molar-refractivity contribution in [2.45, 2.75) is 19.8 Å². The van der Waals surface area contributed by atoms with E-state index in [1.54, 1.807) is 18.3 Å². The number of carbonyl (C=O) groups is 1. The fraction of sp³-hybridized carbons (Fsp3) is 0.294.